The number of rotatable bonds is 3. The number of aryl methyl sites for hydroxylation is 1. The van der Waals surface area contributed by atoms with E-state index in [1.807, 2.05) is 0 Å². The van der Waals surface area contributed by atoms with Crippen LogP contribution in [0.3, 0.4) is 0 Å². The molecule has 2 aliphatic rings. The molecule has 1 fully saturated rings. The highest BCUT2D eigenvalue weighted by molar-refractivity contribution is 7.14. The van der Waals surface area contributed by atoms with Crippen LogP contribution in [-0.4, -0.2) is 11.9 Å². The Morgan fingerprint density at radius 1 is 1.37 bits per heavy atom. The zero-order valence-electron chi connectivity index (χ0n) is 11.7. The van der Waals surface area contributed by atoms with Crippen LogP contribution in [-0.2, 0) is 12.8 Å². The fourth-order valence-corrected chi connectivity index (χ4v) is 4.50. The van der Waals surface area contributed by atoms with Crippen molar-refractivity contribution >= 4 is 17.2 Å². The van der Waals surface area contributed by atoms with Crippen molar-refractivity contribution < 1.29 is 4.79 Å². The van der Waals surface area contributed by atoms with Crippen LogP contribution in [0.2, 0.25) is 0 Å². The highest BCUT2D eigenvalue weighted by Gasteiger charge is 2.23. The molecule has 1 aromatic heterocycles. The van der Waals surface area contributed by atoms with Crippen LogP contribution in [0.5, 0.6) is 0 Å². The number of amides is 1. The summed E-state index contributed by atoms with van der Waals surface area (Å²) in [6, 6.07) is 2.58. The summed E-state index contributed by atoms with van der Waals surface area (Å²) in [5.74, 6) is 0.993. The zero-order chi connectivity index (χ0) is 13.2. The average molecular weight is 277 g/mol. The van der Waals surface area contributed by atoms with Gasteiger partial charge in [-0.05, 0) is 49.7 Å². The smallest absolute Gasteiger partial charge is 0.261 e. The molecule has 0 aliphatic heterocycles. The van der Waals surface area contributed by atoms with Crippen LogP contribution in [0.1, 0.15) is 65.6 Å². The first-order valence-corrected chi connectivity index (χ1v) is 8.50. The quantitative estimate of drug-likeness (QED) is 0.891. The van der Waals surface area contributed by atoms with Gasteiger partial charge in [-0.15, -0.1) is 11.3 Å². The minimum absolute atomic E-state index is 0.166. The molecule has 0 saturated heterocycles. The van der Waals surface area contributed by atoms with E-state index in [0.29, 0.717) is 6.04 Å². The Bertz CT molecular complexity index is 459. The normalized spacial score (nSPS) is 23.3. The van der Waals surface area contributed by atoms with Crippen molar-refractivity contribution in [3.05, 3.63) is 21.4 Å². The van der Waals surface area contributed by atoms with Crippen LogP contribution in [0, 0.1) is 5.92 Å². The van der Waals surface area contributed by atoms with Gasteiger partial charge in [0.15, 0.2) is 0 Å². The van der Waals surface area contributed by atoms with Crippen molar-refractivity contribution in [2.24, 2.45) is 5.92 Å². The molecule has 1 amide bonds. The molecule has 0 unspecified atom stereocenters. The molecule has 2 nitrogen and oxygen atoms in total. The van der Waals surface area contributed by atoms with Crippen molar-refractivity contribution in [3.8, 4) is 0 Å². The molecule has 1 N–H and O–H groups in total. The van der Waals surface area contributed by atoms with Gasteiger partial charge in [-0.3, -0.25) is 4.79 Å². The first-order chi connectivity index (χ1) is 9.26. The lowest BCUT2D eigenvalue weighted by Crippen LogP contribution is -2.31. The predicted molar refractivity (Wildman–Crippen MR) is 79.8 cm³/mol. The first kappa shape index (κ1) is 13.2. The van der Waals surface area contributed by atoms with Crippen LogP contribution >= 0.6 is 11.3 Å². The van der Waals surface area contributed by atoms with Gasteiger partial charge < -0.3 is 5.32 Å². The van der Waals surface area contributed by atoms with E-state index in [9.17, 15) is 4.79 Å². The Labute approximate surface area is 119 Å². The number of carbonyl (C=O) groups is 1. The number of carbonyl (C=O) groups excluding carboxylic acids is 1. The Morgan fingerprint density at radius 2 is 2.16 bits per heavy atom. The molecule has 19 heavy (non-hydrogen) atoms. The first-order valence-electron chi connectivity index (χ1n) is 7.68. The van der Waals surface area contributed by atoms with Gasteiger partial charge in [0.05, 0.1) is 4.88 Å². The van der Waals surface area contributed by atoms with Gasteiger partial charge in [0, 0.05) is 10.9 Å². The fourth-order valence-electron chi connectivity index (χ4n) is 3.39. The van der Waals surface area contributed by atoms with E-state index in [1.165, 1.54) is 49.0 Å². The van der Waals surface area contributed by atoms with Gasteiger partial charge in [-0.2, -0.15) is 0 Å². The second-order valence-corrected chi connectivity index (χ2v) is 7.17. The van der Waals surface area contributed by atoms with Crippen LogP contribution in [0.4, 0.5) is 0 Å². The third kappa shape index (κ3) is 2.86. The monoisotopic (exact) mass is 277 g/mol. The Hall–Kier alpha value is -0.830. The minimum Gasteiger partial charge on any atom is -0.349 e. The molecule has 104 valence electrons. The molecule has 1 atom stereocenters. The molecule has 0 spiro atoms. The lowest BCUT2D eigenvalue weighted by molar-refractivity contribution is 0.0942. The Kier molecular flexibility index (Phi) is 3.92. The Balaban J connectivity index is 1.68. The summed E-state index contributed by atoms with van der Waals surface area (Å²) in [5, 5.41) is 3.20. The van der Waals surface area contributed by atoms with E-state index in [0.717, 1.165) is 23.6 Å². The summed E-state index contributed by atoms with van der Waals surface area (Å²) < 4.78 is 0. The van der Waals surface area contributed by atoms with Gasteiger partial charge in [0.25, 0.3) is 5.91 Å². The SMILES string of the molecule is CC[C@@H]1CCc2sc(C(=O)NC3CCCC3)cc2C1. The molecule has 3 heteroatoms. The molecule has 0 radical (unpaired) electrons. The summed E-state index contributed by atoms with van der Waals surface area (Å²) in [6.45, 7) is 2.27. The largest absolute Gasteiger partial charge is 0.349 e. The van der Waals surface area contributed by atoms with E-state index in [2.05, 4.69) is 18.3 Å². The maximum absolute atomic E-state index is 12.3. The molecular weight excluding hydrogens is 254 g/mol. The van der Waals surface area contributed by atoms with Crippen molar-refractivity contribution in [1.82, 2.24) is 5.32 Å². The lowest BCUT2D eigenvalue weighted by Gasteiger charge is -2.19. The second-order valence-electron chi connectivity index (χ2n) is 6.03. The molecule has 0 aromatic carbocycles. The minimum atomic E-state index is 0.166. The van der Waals surface area contributed by atoms with Crippen molar-refractivity contribution in [2.45, 2.75) is 64.3 Å². The topological polar surface area (TPSA) is 29.1 Å². The van der Waals surface area contributed by atoms with E-state index in [1.54, 1.807) is 11.3 Å². The highest BCUT2D eigenvalue weighted by atomic mass is 32.1. The molecule has 1 aromatic rings. The van der Waals surface area contributed by atoms with E-state index >= 15 is 0 Å². The summed E-state index contributed by atoms with van der Waals surface area (Å²) in [4.78, 5) is 14.7. The zero-order valence-corrected chi connectivity index (χ0v) is 12.5. The van der Waals surface area contributed by atoms with Gasteiger partial charge >= 0.3 is 0 Å². The number of thiophene rings is 1. The summed E-state index contributed by atoms with van der Waals surface area (Å²) in [6.07, 6.45) is 9.78. The van der Waals surface area contributed by atoms with Crippen LogP contribution in [0.15, 0.2) is 6.07 Å². The standard InChI is InChI=1S/C16H23NOS/c1-2-11-7-8-14-12(9-11)10-15(19-14)16(18)17-13-5-3-4-6-13/h10-11,13H,2-9H2,1H3,(H,17,18)/t11-/m1/s1. The third-order valence-corrected chi connectivity index (χ3v) is 5.91. The van der Waals surface area contributed by atoms with Gasteiger partial charge in [0.1, 0.15) is 0 Å². The van der Waals surface area contributed by atoms with Gasteiger partial charge in [0.2, 0.25) is 0 Å². The summed E-state index contributed by atoms with van der Waals surface area (Å²) >= 11 is 1.73. The number of nitrogens with one attached hydrogen (secondary N) is 1. The van der Waals surface area contributed by atoms with Crippen molar-refractivity contribution in [1.29, 1.82) is 0 Å². The highest BCUT2D eigenvalue weighted by Crippen LogP contribution is 2.33. The molecule has 3 rings (SSSR count). The molecule has 0 bridgehead atoms. The molecular formula is C16H23NOS. The van der Waals surface area contributed by atoms with E-state index in [-0.39, 0.29) is 5.91 Å². The maximum atomic E-state index is 12.3. The molecule has 2 aliphatic carbocycles. The molecule has 1 saturated carbocycles. The third-order valence-electron chi connectivity index (χ3n) is 4.68. The Morgan fingerprint density at radius 3 is 2.89 bits per heavy atom. The number of fused-ring (bicyclic) bond motifs is 1. The lowest BCUT2D eigenvalue weighted by atomic mass is 9.87. The maximum Gasteiger partial charge on any atom is 0.261 e. The van der Waals surface area contributed by atoms with E-state index in [4.69, 9.17) is 0 Å². The predicted octanol–water partition coefficient (Wildman–Crippen LogP) is 3.94. The number of hydrogen-bond donors (Lipinski definition) is 1. The van der Waals surface area contributed by atoms with Crippen LogP contribution < -0.4 is 5.32 Å². The van der Waals surface area contributed by atoms with E-state index < -0.39 is 0 Å². The summed E-state index contributed by atoms with van der Waals surface area (Å²) in [7, 11) is 0. The van der Waals surface area contributed by atoms with Crippen molar-refractivity contribution in [2.75, 3.05) is 0 Å². The number of hydrogen-bond acceptors (Lipinski definition) is 2. The van der Waals surface area contributed by atoms with Gasteiger partial charge in [-0.1, -0.05) is 26.2 Å². The van der Waals surface area contributed by atoms with Crippen molar-refractivity contribution in [3.63, 3.8) is 0 Å². The second kappa shape index (κ2) is 5.66. The van der Waals surface area contributed by atoms with Gasteiger partial charge in [-0.25, -0.2) is 0 Å². The average Bonchev–Trinajstić information content (AvgIpc) is 3.05. The molecule has 1 heterocycles. The summed E-state index contributed by atoms with van der Waals surface area (Å²) in [5.41, 5.74) is 1.44. The fraction of sp³-hybridized carbons (Fsp3) is 0.688. The van der Waals surface area contributed by atoms with Crippen LogP contribution in [0.25, 0.3) is 0 Å².